The minimum absolute atomic E-state index is 0.156. The van der Waals surface area contributed by atoms with Gasteiger partial charge in [0.25, 0.3) is 5.91 Å². The molecule has 0 saturated heterocycles. The summed E-state index contributed by atoms with van der Waals surface area (Å²) in [6.07, 6.45) is 0.734. The van der Waals surface area contributed by atoms with Crippen LogP contribution in [0, 0.1) is 5.82 Å². The lowest BCUT2D eigenvalue weighted by Gasteiger charge is -2.18. The number of hydrogen-bond acceptors (Lipinski definition) is 2. The normalized spacial score (nSPS) is 10.6. The van der Waals surface area contributed by atoms with Crippen molar-refractivity contribution in [2.24, 2.45) is 0 Å². The van der Waals surface area contributed by atoms with Gasteiger partial charge < -0.3 is 10.6 Å². The summed E-state index contributed by atoms with van der Waals surface area (Å²) in [6.45, 7) is 0.319. The fourth-order valence-corrected chi connectivity index (χ4v) is 3.21. The smallest absolute Gasteiger partial charge is 0.251 e. The molecule has 3 rings (SSSR count). The zero-order chi connectivity index (χ0) is 20.5. The topological polar surface area (TPSA) is 58.2 Å². The minimum Gasteiger partial charge on any atom is -0.355 e. The number of carbonyl (C=O) groups excluding carboxylic acids is 2. The largest absolute Gasteiger partial charge is 0.355 e. The predicted molar refractivity (Wildman–Crippen MR) is 111 cm³/mol. The van der Waals surface area contributed by atoms with Crippen LogP contribution < -0.4 is 10.6 Å². The number of halogens is 1. The van der Waals surface area contributed by atoms with Crippen LogP contribution in [0.15, 0.2) is 84.9 Å². The van der Waals surface area contributed by atoms with Gasteiger partial charge in [-0.3, -0.25) is 9.59 Å². The summed E-state index contributed by atoms with van der Waals surface area (Å²) in [5, 5.41) is 5.35. The van der Waals surface area contributed by atoms with Crippen LogP contribution in [0.5, 0.6) is 0 Å². The Morgan fingerprint density at radius 1 is 0.793 bits per heavy atom. The molecule has 3 aromatic carbocycles. The van der Waals surface area contributed by atoms with E-state index in [0.717, 1.165) is 12.5 Å². The minimum atomic E-state index is -0.491. The Hall–Kier alpha value is -3.47. The first-order valence-electron chi connectivity index (χ1n) is 9.54. The zero-order valence-electron chi connectivity index (χ0n) is 16.0. The maximum absolute atomic E-state index is 13.2. The quantitative estimate of drug-likeness (QED) is 0.613. The van der Waals surface area contributed by atoms with Crippen molar-refractivity contribution in [1.82, 2.24) is 10.6 Å². The number of carbonyl (C=O) groups is 2. The Bertz CT molecular complexity index is 906. The van der Waals surface area contributed by atoms with Gasteiger partial charge in [-0.1, -0.05) is 66.7 Å². The van der Waals surface area contributed by atoms with Crippen molar-refractivity contribution in [3.63, 3.8) is 0 Å². The number of hydrogen-bond donors (Lipinski definition) is 2. The van der Waals surface area contributed by atoms with Gasteiger partial charge in [0, 0.05) is 18.0 Å². The highest BCUT2D eigenvalue weighted by atomic mass is 19.1. The van der Waals surface area contributed by atoms with Crippen LogP contribution in [-0.2, 0) is 4.79 Å². The van der Waals surface area contributed by atoms with E-state index in [1.165, 1.54) is 29.3 Å². The van der Waals surface area contributed by atoms with Crippen LogP contribution in [-0.4, -0.2) is 24.9 Å². The SMILES string of the molecule is O=C(CNC(=O)c1cccc(F)c1)NCCC(c1ccccc1)c1ccccc1. The summed E-state index contributed by atoms with van der Waals surface area (Å²) in [4.78, 5) is 24.1. The maximum atomic E-state index is 13.2. The van der Waals surface area contributed by atoms with Gasteiger partial charge in [0.15, 0.2) is 0 Å². The molecular weight excluding hydrogens is 367 g/mol. The molecule has 3 aromatic rings. The van der Waals surface area contributed by atoms with E-state index in [2.05, 4.69) is 34.9 Å². The van der Waals surface area contributed by atoms with Crippen molar-refractivity contribution < 1.29 is 14.0 Å². The summed E-state index contributed by atoms with van der Waals surface area (Å²) < 4.78 is 13.2. The van der Waals surface area contributed by atoms with E-state index in [4.69, 9.17) is 0 Å². The van der Waals surface area contributed by atoms with Gasteiger partial charge in [0.2, 0.25) is 5.91 Å². The summed E-state index contributed by atoms with van der Waals surface area (Å²) in [6, 6.07) is 25.7. The average Bonchev–Trinajstić information content (AvgIpc) is 2.76. The summed E-state index contributed by atoms with van der Waals surface area (Å²) in [7, 11) is 0. The lowest BCUT2D eigenvalue weighted by atomic mass is 9.88. The Morgan fingerprint density at radius 3 is 2.00 bits per heavy atom. The molecule has 2 amide bonds. The summed E-state index contributed by atoms with van der Waals surface area (Å²) in [5.74, 6) is -1.09. The summed E-state index contributed by atoms with van der Waals surface area (Å²) in [5.41, 5.74) is 2.56. The van der Waals surface area contributed by atoms with Crippen LogP contribution in [0.25, 0.3) is 0 Å². The molecule has 4 nitrogen and oxygen atoms in total. The van der Waals surface area contributed by atoms with Gasteiger partial charge in [-0.05, 0) is 35.7 Å². The van der Waals surface area contributed by atoms with Crippen molar-refractivity contribution in [3.8, 4) is 0 Å². The molecule has 0 aromatic heterocycles. The molecule has 0 fully saturated rings. The van der Waals surface area contributed by atoms with E-state index in [-0.39, 0.29) is 23.9 Å². The molecule has 0 radical (unpaired) electrons. The van der Waals surface area contributed by atoms with Gasteiger partial charge in [0.05, 0.1) is 6.54 Å². The highest BCUT2D eigenvalue weighted by molar-refractivity contribution is 5.96. The predicted octanol–water partition coefficient (Wildman–Crippen LogP) is 3.89. The third kappa shape index (κ3) is 6.01. The molecule has 0 spiro atoms. The van der Waals surface area contributed by atoms with Crippen LogP contribution in [0.4, 0.5) is 4.39 Å². The molecule has 0 aliphatic carbocycles. The molecule has 0 heterocycles. The van der Waals surface area contributed by atoms with E-state index in [9.17, 15) is 14.0 Å². The highest BCUT2D eigenvalue weighted by Gasteiger charge is 2.14. The van der Waals surface area contributed by atoms with Crippen LogP contribution in [0.1, 0.15) is 33.8 Å². The number of rotatable bonds is 8. The Morgan fingerprint density at radius 2 is 1.41 bits per heavy atom. The molecule has 5 heteroatoms. The van der Waals surface area contributed by atoms with E-state index in [1.807, 2.05) is 36.4 Å². The molecule has 0 unspecified atom stereocenters. The average molecular weight is 390 g/mol. The first-order chi connectivity index (χ1) is 14.1. The van der Waals surface area contributed by atoms with Gasteiger partial charge in [-0.2, -0.15) is 0 Å². The van der Waals surface area contributed by atoms with E-state index >= 15 is 0 Å². The molecule has 0 aliphatic rings. The number of benzene rings is 3. The van der Waals surface area contributed by atoms with Crippen molar-refractivity contribution in [3.05, 3.63) is 107 Å². The lowest BCUT2D eigenvalue weighted by Crippen LogP contribution is -2.37. The second-order valence-corrected chi connectivity index (χ2v) is 6.71. The van der Waals surface area contributed by atoms with Crippen LogP contribution >= 0.6 is 0 Å². The van der Waals surface area contributed by atoms with Crippen molar-refractivity contribution in [1.29, 1.82) is 0 Å². The number of nitrogens with one attached hydrogen (secondary N) is 2. The van der Waals surface area contributed by atoms with Gasteiger partial charge >= 0.3 is 0 Å². The van der Waals surface area contributed by atoms with Crippen molar-refractivity contribution in [2.75, 3.05) is 13.1 Å². The third-order valence-corrected chi connectivity index (χ3v) is 4.66. The second kappa shape index (κ2) is 10.2. The molecule has 2 N–H and O–H groups in total. The van der Waals surface area contributed by atoms with E-state index < -0.39 is 11.7 Å². The van der Waals surface area contributed by atoms with Gasteiger partial charge in [-0.15, -0.1) is 0 Å². The summed E-state index contributed by atoms with van der Waals surface area (Å²) >= 11 is 0. The highest BCUT2D eigenvalue weighted by Crippen LogP contribution is 2.27. The Balaban J connectivity index is 1.51. The fraction of sp³-hybridized carbons (Fsp3) is 0.167. The third-order valence-electron chi connectivity index (χ3n) is 4.66. The molecule has 0 aliphatic heterocycles. The molecule has 0 saturated carbocycles. The van der Waals surface area contributed by atoms with Crippen molar-refractivity contribution in [2.45, 2.75) is 12.3 Å². The van der Waals surface area contributed by atoms with Crippen LogP contribution in [0.3, 0.4) is 0 Å². The maximum Gasteiger partial charge on any atom is 0.251 e. The Kier molecular flexibility index (Phi) is 7.11. The molecule has 0 atom stereocenters. The first-order valence-corrected chi connectivity index (χ1v) is 9.54. The monoisotopic (exact) mass is 390 g/mol. The zero-order valence-corrected chi connectivity index (χ0v) is 16.0. The van der Waals surface area contributed by atoms with Crippen molar-refractivity contribution >= 4 is 11.8 Å². The molecular formula is C24H23FN2O2. The molecule has 148 valence electrons. The Labute approximate surface area is 169 Å². The second-order valence-electron chi connectivity index (χ2n) is 6.71. The molecule has 0 bridgehead atoms. The van der Waals surface area contributed by atoms with E-state index in [1.54, 1.807) is 0 Å². The standard InChI is InChI=1S/C24H23FN2O2/c25-21-13-7-12-20(16-21)24(29)27-17-23(28)26-15-14-22(18-8-3-1-4-9-18)19-10-5-2-6-11-19/h1-13,16,22H,14-15,17H2,(H,26,28)(H,27,29). The molecule has 29 heavy (non-hydrogen) atoms. The van der Waals surface area contributed by atoms with Crippen LogP contribution in [0.2, 0.25) is 0 Å². The van der Waals surface area contributed by atoms with Gasteiger partial charge in [0.1, 0.15) is 5.82 Å². The van der Waals surface area contributed by atoms with E-state index in [0.29, 0.717) is 6.54 Å². The lowest BCUT2D eigenvalue weighted by molar-refractivity contribution is -0.120. The fourth-order valence-electron chi connectivity index (χ4n) is 3.21. The first kappa shape index (κ1) is 20.3. The number of amides is 2. The van der Waals surface area contributed by atoms with Gasteiger partial charge in [-0.25, -0.2) is 4.39 Å².